The molecule has 2 heterocycles. The molecular formula is C27H22FN3O2. The first kappa shape index (κ1) is 20.7. The number of aromatic nitrogens is 3. The number of para-hydroxylation sites is 1. The molecule has 0 fully saturated rings. The number of halogens is 1. The topological polar surface area (TPSA) is 49.1 Å². The molecule has 6 heteroatoms. The van der Waals surface area contributed by atoms with Gasteiger partial charge in [0.1, 0.15) is 11.5 Å². The third kappa shape index (κ3) is 4.15. The van der Waals surface area contributed by atoms with Crippen LogP contribution >= 0.6 is 0 Å². The fourth-order valence-electron chi connectivity index (χ4n) is 4.06. The largest absolute Gasteiger partial charge is 0.464 e. The summed E-state index contributed by atoms with van der Waals surface area (Å²) in [5.41, 5.74) is 5.08. The highest BCUT2D eigenvalue weighted by atomic mass is 19.1. The lowest BCUT2D eigenvalue weighted by Gasteiger charge is -2.06. The van der Waals surface area contributed by atoms with Crippen LogP contribution < -0.4 is 0 Å². The van der Waals surface area contributed by atoms with Crippen LogP contribution in [0.2, 0.25) is 0 Å². The molecule has 0 saturated heterocycles. The summed E-state index contributed by atoms with van der Waals surface area (Å²) in [5, 5.41) is 5.80. The van der Waals surface area contributed by atoms with E-state index in [9.17, 15) is 9.18 Å². The predicted molar refractivity (Wildman–Crippen MR) is 126 cm³/mol. The van der Waals surface area contributed by atoms with Crippen LogP contribution in [0.3, 0.4) is 0 Å². The van der Waals surface area contributed by atoms with Crippen molar-refractivity contribution in [3.8, 4) is 11.3 Å². The van der Waals surface area contributed by atoms with Crippen LogP contribution in [-0.2, 0) is 17.8 Å². The Labute approximate surface area is 190 Å². The highest BCUT2D eigenvalue weighted by Crippen LogP contribution is 2.31. The number of carbonyl (C=O) groups is 1. The van der Waals surface area contributed by atoms with Crippen LogP contribution in [0.4, 0.5) is 4.39 Å². The monoisotopic (exact) mass is 439 g/mol. The molecule has 5 rings (SSSR count). The highest BCUT2D eigenvalue weighted by Gasteiger charge is 2.20. The van der Waals surface area contributed by atoms with Gasteiger partial charge in [0.15, 0.2) is 0 Å². The third-order valence-electron chi connectivity index (χ3n) is 5.68. The Bertz CT molecular complexity index is 1420. The quantitative estimate of drug-likeness (QED) is 0.327. The van der Waals surface area contributed by atoms with E-state index in [1.807, 2.05) is 30.3 Å². The van der Waals surface area contributed by atoms with Crippen LogP contribution in [0.25, 0.3) is 22.2 Å². The molecule has 0 spiro atoms. The molecule has 5 nitrogen and oxygen atoms in total. The second-order valence-electron chi connectivity index (χ2n) is 7.86. The summed E-state index contributed by atoms with van der Waals surface area (Å²) in [7, 11) is 1.35. The van der Waals surface area contributed by atoms with Crippen molar-refractivity contribution in [2.75, 3.05) is 7.11 Å². The average Bonchev–Trinajstić information content (AvgIpc) is 3.42. The van der Waals surface area contributed by atoms with Crippen LogP contribution in [0, 0.1) is 5.82 Å². The van der Waals surface area contributed by atoms with Crippen LogP contribution in [0.5, 0.6) is 0 Å². The number of nitrogens with zero attached hydrogens (tertiary/aromatic N) is 3. The minimum Gasteiger partial charge on any atom is -0.464 e. The number of fused-ring (bicyclic) bond motifs is 1. The van der Waals surface area contributed by atoms with Gasteiger partial charge in [-0.3, -0.25) is 4.68 Å². The normalized spacial score (nSPS) is 11.1. The van der Waals surface area contributed by atoms with Gasteiger partial charge >= 0.3 is 5.97 Å². The summed E-state index contributed by atoms with van der Waals surface area (Å²) in [4.78, 5) is 12.5. The zero-order valence-electron chi connectivity index (χ0n) is 18.1. The summed E-state index contributed by atoms with van der Waals surface area (Å²) in [6.45, 7) is 1.05. The van der Waals surface area contributed by atoms with Crippen molar-refractivity contribution >= 4 is 16.9 Å². The second kappa shape index (κ2) is 8.74. The first-order valence-electron chi connectivity index (χ1n) is 10.6. The maximum Gasteiger partial charge on any atom is 0.356 e. The zero-order valence-corrected chi connectivity index (χ0v) is 18.1. The molecule has 0 aliphatic rings. The standard InChI is InChI=1S/C27H22FN3O2/c1-33-27(32)26-15-24(29-31(26)17-20-11-13-21(28)14-12-20)23-18-30(16-19-7-3-2-4-8-19)25-10-6-5-9-22(23)25/h2-15,18H,16-17H2,1H3. The smallest absolute Gasteiger partial charge is 0.356 e. The minimum atomic E-state index is -0.469. The van der Waals surface area contributed by atoms with Gasteiger partial charge in [0.05, 0.1) is 19.3 Å². The van der Waals surface area contributed by atoms with Crippen molar-refractivity contribution < 1.29 is 13.9 Å². The fraction of sp³-hybridized carbons (Fsp3) is 0.111. The third-order valence-corrected chi connectivity index (χ3v) is 5.68. The molecule has 0 aliphatic heterocycles. The molecule has 0 aliphatic carbocycles. The summed E-state index contributed by atoms with van der Waals surface area (Å²) in [6, 6.07) is 26.3. The molecule has 0 saturated carbocycles. The molecule has 0 amide bonds. The Morgan fingerprint density at radius 3 is 2.36 bits per heavy atom. The summed E-state index contributed by atoms with van der Waals surface area (Å²) >= 11 is 0. The van der Waals surface area contributed by atoms with E-state index in [0.717, 1.165) is 28.6 Å². The average molecular weight is 439 g/mol. The molecule has 0 unspecified atom stereocenters. The number of hydrogen-bond donors (Lipinski definition) is 0. The summed E-state index contributed by atoms with van der Waals surface area (Å²) in [5.74, 6) is -0.775. The van der Waals surface area contributed by atoms with Crippen LogP contribution in [-0.4, -0.2) is 27.4 Å². The second-order valence-corrected chi connectivity index (χ2v) is 7.86. The van der Waals surface area contributed by atoms with Crippen LogP contribution in [0.1, 0.15) is 21.6 Å². The van der Waals surface area contributed by atoms with Gasteiger partial charge in [-0.1, -0.05) is 60.7 Å². The SMILES string of the molecule is COC(=O)c1cc(-c2cn(Cc3ccccc3)c3ccccc23)nn1Cc1ccc(F)cc1. The first-order valence-corrected chi connectivity index (χ1v) is 10.6. The zero-order chi connectivity index (χ0) is 22.8. The van der Waals surface area contributed by atoms with Crippen molar-refractivity contribution in [2.24, 2.45) is 0 Å². The Morgan fingerprint density at radius 2 is 1.61 bits per heavy atom. The lowest BCUT2D eigenvalue weighted by molar-refractivity contribution is 0.0587. The lowest BCUT2D eigenvalue weighted by Crippen LogP contribution is -2.12. The number of methoxy groups -OCH3 is 1. The van der Waals surface area contributed by atoms with Gasteiger partial charge in [-0.2, -0.15) is 5.10 Å². The van der Waals surface area contributed by atoms with Crippen molar-refractivity contribution in [2.45, 2.75) is 13.1 Å². The Morgan fingerprint density at radius 1 is 0.909 bits per heavy atom. The van der Waals surface area contributed by atoms with E-state index >= 15 is 0 Å². The van der Waals surface area contributed by atoms with Gasteiger partial charge in [-0.25, -0.2) is 9.18 Å². The van der Waals surface area contributed by atoms with Crippen molar-refractivity contribution in [3.05, 3.63) is 114 Å². The van der Waals surface area contributed by atoms with Gasteiger partial charge in [-0.05, 0) is 35.4 Å². The number of carbonyl (C=O) groups excluding carboxylic acids is 1. The molecule has 2 aromatic heterocycles. The number of ether oxygens (including phenoxy) is 1. The van der Waals surface area contributed by atoms with Gasteiger partial charge in [0.25, 0.3) is 0 Å². The number of hydrogen-bond acceptors (Lipinski definition) is 3. The molecule has 33 heavy (non-hydrogen) atoms. The van der Waals surface area contributed by atoms with Crippen molar-refractivity contribution in [1.29, 1.82) is 0 Å². The van der Waals surface area contributed by atoms with E-state index in [-0.39, 0.29) is 5.82 Å². The van der Waals surface area contributed by atoms with E-state index in [2.05, 4.69) is 35.0 Å². The van der Waals surface area contributed by atoms with Gasteiger partial charge in [0.2, 0.25) is 0 Å². The predicted octanol–water partition coefficient (Wildman–Crippen LogP) is 5.53. The number of benzene rings is 3. The molecule has 0 N–H and O–H groups in total. The summed E-state index contributed by atoms with van der Waals surface area (Å²) in [6.07, 6.45) is 2.07. The molecule has 0 atom stereocenters. The molecule has 5 aromatic rings. The molecular weight excluding hydrogens is 417 g/mol. The summed E-state index contributed by atoms with van der Waals surface area (Å²) < 4.78 is 22.1. The maximum atomic E-state index is 13.3. The lowest BCUT2D eigenvalue weighted by atomic mass is 10.1. The maximum absolute atomic E-state index is 13.3. The first-order chi connectivity index (χ1) is 16.1. The number of esters is 1. The molecule has 0 radical (unpaired) electrons. The van der Waals surface area contributed by atoms with E-state index < -0.39 is 5.97 Å². The number of rotatable bonds is 6. The highest BCUT2D eigenvalue weighted by molar-refractivity contribution is 5.97. The van der Waals surface area contributed by atoms with Crippen molar-refractivity contribution in [1.82, 2.24) is 14.3 Å². The molecule has 3 aromatic carbocycles. The Kier molecular flexibility index (Phi) is 5.48. The van der Waals surface area contributed by atoms with Gasteiger partial charge in [-0.15, -0.1) is 0 Å². The van der Waals surface area contributed by atoms with Gasteiger partial charge < -0.3 is 9.30 Å². The fourth-order valence-corrected chi connectivity index (χ4v) is 4.06. The minimum absolute atomic E-state index is 0.306. The molecule has 164 valence electrons. The van der Waals surface area contributed by atoms with E-state index in [1.165, 1.54) is 24.8 Å². The van der Waals surface area contributed by atoms with Crippen LogP contribution in [0.15, 0.2) is 91.1 Å². The van der Waals surface area contributed by atoms with E-state index in [1.54, 1.807) is 22.9 Å². The van der Waals surface area contributed by atoms with Crippen molar-refractivity contribution in [3.63, 3.8) is 0 Å². The van der Waals surface area contributed by atoms with E-state index in [0.29, 0.717) is 17.9 Å². The Hall–Kier alpha value is -4.19. The Balaban J connectivity index is 1.58. The van der Waals surface area contributed by atoms with Gasteiger partial charge in [0, 0.05) is 29.2 Å². The van der Waals surface area contributed by atoms with E-state index in [4.69, 9.17) is 9.84 Å². The molecule has 0 bridgehead atoms.